The molecule has 0 aliphatic heterocycles. The highest BCUT2D eigenvalue weighted by Crippen LogP contribution is 2.14. The molecule has 0 N–H and O–H groups in total. The van der Waals surface area contributed by atoms with Gasteiger partial charge in [0.05, 0.1) is 17.6 Å². The minimum Gasteiger partial charge on any atom is -0.379 e. The van der Waals surface area contributed by atoms with Gasteiger partial charge >= 0.3 is 0 Å². The quantitative estimate of drug-likeness (QED) is 0.454. The van der Waals surface area contributed by atoms with Crippen molar-refractivity contribution in [2.24, 2.45) is 0 Å². The zero-order valence-corrected chi connectivity index (χ0v) is 14.7. The molecule has 4 nitrogen and oxygen atoms in total. The average Bonchev–Trinajstić information content (AvgIpc) is 2.49. The summed E-state index contributed by atoms with van der Waals surface area (Å²) in [5, 5.41) is 0. The summed E-state index contributed by atoms with van der Waals surface area (Å²) >= 11 is 0. The van der Waals surface area contributed by atoms with Gasteiger partial charge in [-0.1, -0.05) is 37.5 Å². The lowest BCUT2D eigenvalue weighted by Gasteiger charge is -2.13. The third-order valence-corrected chi connectivity index (χ3v) is 4.78. The highest BCUT2D eigenvalue weighted by molar-refractivity contribution is 7.86. The largest absolute Gasteiger partial charge is 0.379 e. The van der Waals surface area contributed by atoms with E-state index in [0.717, 1.165) is 25.0 Å². The lowest BCUT2D eigenvalue weighted by Crippen LogP contribution is -2.12. The summed E-state index contributed by atoms with van der Waals surface area (Å²) in [5.74, 6) is 0. The molecule has 0 saturated carbocycles. The highest BCUT2D eigenvalue weighted by atomic mass is 32.2. The van der Waals surface area contributed by atoms with Crippen LogP contribution in [0.1, 0.15) is 51.5 Å². The van der Waals surface area contributed by atoms with Gasteiger partial charge in [0.2, 0.25) is 0 Å². The molecule has 0 spiro atoms. The van der Waals surface area contributed by atoms with Gasteiger partial charge in [-0.05, 0) is 45.2 Å². The molecule has 0 radical (unpaired) electrons. The highest BCUT2D eigenvalue weighted by Gasteiger charge is 2.14. The smallest absolute Gasteiger partial charge is 0.296 e. The molecule has 0 heterocycles. The number of benzene rings is 1. The Labute approximate surface area is 135 Å². The van der Waals surface area contributed by atoms with Crippen LogP contribution in [0.3, 0.4) is 0 Å². The predicted molar refractivity (Wildman–Crippen MR) is 88.5 cm³/mol. The Morgan fingerprint density at radius 3 is 2.36 bits per heavy atom. The Balaban J connectivity index is 2.24. The molecule has 1 unspecified atom stereocenters. The molecule has 1 aromatic rings. The molecule has 22 heavy (non-hydrogen) atoms. The van der Waals surface area contributed by atoms with Crippen LogP contribution in [0.2, 0.25) is 0 Å². The van der Waals surface area contributed by atoms with E-state index in [4.69, 9.17) is 8.92 Å². The first kappa shape index (κ1) is 19.1. The van der Waals surface area contributed by atoms with Gasteiger partial charge in [-0.3, -0.25) is 4.18 Å². The third-order valence-electron chi connectivity index (χ3n) is 3.45. The van der Waals surface area contributed by atoms with E-state index in [0.29, 0.717) is 6.42 Å². The standard InChI is InChI=1S/C17H28O4S/c1-4-5-6-13-20-16(3)8-7-14-21-22(18,19)17-11-9-15(2)10-12-17/h9-12,16H,4-8,13-14H2,1-3H3. The Kier molecular flexibility index (Phi) is 8.68. The maximum atomic E-state index is 12.0. The van der Waals surface area contributed by atoms with Gasteiger partial charge in [-0.15, -0.1) is 0 Å². The third kappa shape index (κ3) is 7.38. The Morgan fingerprint density at radius 2 is 1.73 bits per heavy atom. The van der Waals surface area contributed by atoms with E-state index in [1.165, 1.54) is 12.8 Å². The van der Waals surface area contributed by atoms with Gasteiger partial charge in [-0.25, -0.2) is 0 Å². The molecule has 0 aliphatic carbocycles. The van der Waals surface area contributed by atoms with Crippen molar-refractivity contribution < 1.29 is 17.3 Å². The molecule has 0 fully saturated rings. The molecule has 0 aliphatic rings. The monoisotopic (exact) mass is 328 g/mol. The van der Waals surface area contributed by atoms with E-state index in [9.17, 15) is 8.42 Å². The molecule has 0 saturated heterocycles. The summed E-state index contributed by atoms with van der Waals surface area (Å²) in [6.07, 6.45) is 5.06. The van der Waals surface area contributed by atoms with Crippen LogP contribution in [0.5, 0.6) is 0 Å². The van der Waals surface area contributed by atoms with E-state index in [-0.39, 0.29) is 17.6 Å². The van der Waals surface area contributed by atoms with Crippen LogP contribution < -0.4 is 0 Å². The molecule has 126 valence electrons. The number of aryl methyl sites for hydroxylation is 1. The fourth-order valence-corrected chi connectivity index (χ4v) is 2.98. The van der Waals surface area contributed by atoms with Crippen LogP contribution in [-0.4, -0.2) is 27.7 Å². The number of unbranched alkanes of at least 4 members (excludes halogenated alkanes) is 2. The van der Waals surface area contributed by atoms with Crippen LogP contribution >= 0.6 is 0 Å². The van der Waals surface area contributed by atoms with Crippen LogP contribution in [0.25, 0.3) is 0 Å². The van der Waals surface area contributed by atoms with Crippen LogP contribution in [0.4, 0.5) is 0 Å². The van der Waals surface area contributed by atoms with Crippen LogP contribution in [-0.2, 0) is 19.0 Å². The second kappa shape index (κ2) is 9.98. The maximum Gasteiger partial charge on any atom is 0.296 e. The molecule has 0 aromatic heterocycles. The normalized spacial score (nSPS) is 13.2. The lowest BCUT2D eigenvalue weighted by molar-refractivity contribution is 0.0538. The summed E-state index contributed by atoms with van der Waals surface area (Å²) in [5.41, 5.74) is 1.02. The average molecular weight is 328 g/mol. The van der Waals surface area contributed by atoms with Gasteiger partial charge < -0.3 is 4.74 Å². The van der Waals surface area contributed by atoms with E-state index in [1.54, 1.807) is 24.3 Å². The lowest BCUT2D eigenvalue weighted by atomic mass is 10.2. The summed E-state index contributed by atoms with van der Waals surface area (Å²) in [6, 6.07) is 6.68. The van der Waals surface area contributed by atoms with Crippen LogP contribution in [0.15, 0.2) is 29.2 Å². The number of hydrogen-bond acceptors (Lipinski definition) is 4. The van der Waals surface area contributed by atoms with Gasteiger partial charge in [0, 0.05) is 6.61 Å². The summed E-state index contributed by atoms with van der Waals surface area (Å²) in [4.78, 5) is 0.210. The number of ether oxygens (including phenoxy) is 1. The minimum absolute atomic E-state index is 0.141. The Hall–Kier alpha value is -0.910. The second-order valence-corrected chi connectivity index (χ2v) is 7.24. The first-order chi connectivity index (χ1) is 10.5. The number of hydrogen-bond donors (Lipinski definition) is 0. The van der Waals surface area contributed by atoms with Gasteiger partial charge in [0.15, 0.2) is 0 Å². The van der Waals surface area contributed by atoms with Crippen molar-refractivity contribution in [1.82, 2.24) is 0 Å². The van der Waals surface area contributed by atoms with E-state index < -0.39 is 10.1 Å². The van der Waals surface area contributed by atoms with Crippen LogP contribution in [0, 0.1) is 6.92 Å². The molecule has 0 bridgehead atoms. The van der Waals surface area contributed by atoms with Crippen molar-refractivity contribution >= 4 is 10.1 Å². The first-order valence-corrected chi connectivity index (χ1v) is 9.44. The van der Waals surface area contributed by atoms with Gasteiger partial charge in [0.1, 0.15) is 0 Å². The zero-order chi connectivity index (χ0) is 16.4. The van der Waals surface area contributed by atoms with Crippen molar-refractivity contribution in [2.45, 2.75) is 63.9 Å². The summed E-state index contributed by atoms with van der Waals surface area (Å²) in [6.45, 7) is 7.06. The van der Waals surface area contributed by atoms with Crippen molar-refractivity contribution in [1.29, 1.82) is 0 Å². The number of rotatable bonds is 11. The minimum atomic E-state index is -3.64. The predicted octanol–water partition coefficient (Wildman–Crippen LogP) is 4.08. The zero-order valence-electron chi connectivity index (χ0n) is 13.9. The Morgan fingerprint density at radius 1 is 1.05 bits per heavy atom. The van der Waals surface area contributed by atoms with E-state index in [2.05, 4.69) is 6.92 Å². The molecular weight excluding hydrogens is 300 g/mol. The summed E-state index contributed by atoms with van der Waals surface area (Å²) < 4.78 is 34.7. The fraction of sp³-hybridized carbons (Fsp3) is 0.647. The van der Waals surface area contributed by atoms with Gasteiger partial charge in [-0.2, -0.15) is 8.42 Å². The van der Waals surface area contributed by atoms with Crippen molar-refractivity contribution in [3.63, 3.8) is 0 Å². The van der Waals surface area contributed by atoms with Crippen molar-refractivity contribution in [3.8, 4) is 0 Å². The molecular formula is C17H28O4S. The molecule has 1 atom stereocenters. The topological polar surface area (TPSA) is 52.6 Å². The molecule has 0 amide bonds. The molecule has 5 heteroatoms. The second-order valence-electron chi connectivity index (χ2n) is 5.62. The van der Waals surface area contributed by atoms with E-state index >= 15 is 0 Å². The molecule has 1 aromatic carbocycles. The first-order valence-electron chi connectivity index (χ1n) is 8.03. The Bertz CT molecular complexity index is 508. The van der Waals surface area contributed by atoms with Crippen molar-refractivity contribution in [2.75, 3.05) is 13.2 Å². The van der Waals surface area contributed by atoms with Crippen molar-refractivity contribution in [3.05, 3.63) is 29.8 Å². The molecule has 1 rings (SSSR count). The van der Waals surface area contributed by atoms with Gasteiger partial charge in [0.25, 0.3) is 10.1 Å². The van der Waals surface area contributed by atoms with E-state index in [1.807, 2.05) is 13.8 Å². The fourth-order valence-electron chi connectivity index (χ4n) is 2.03. The maximum absolute atomic E-state index is 12.0. The SMILES string of the molecule is CCCCCOC(C)CCCOS(=O)(=O)c1ccc(C)cc1. The summed E-state index contributed by atoms with van der Waals surface area (Å²) in [7, 11) is -3.64.